The van der Waals surface area contributed by atoms with Gasteiger partial charge < -0.3 is 15.0 Å². The lowest BCUT2D eigenvalue weighted by atomic mass is 10.1. The van der Waals surface area contributed by atoms with Gasteiger partial charge in [0.25, 0.3) is 0 Å². The number of anilines is 1. The van der Waals surface area contributed by atoms with Crippen LogP contribution in [0.4, 0.5) is 5.69 Å². The van der Waals surface area contributed by atoms with Gasteiger partial charge in [-0.1, -0.05) is 6.07 Å². The number of fused-ring (bicyclic) bond motifs is 1. The number of aryl methyl sites for hydroxylation is 1. The van der Waals surface area contributed by atoms with E-state index in [9.17, 15) is 9.59 Å². The Morgan fingerprint density at radius 1 is 1.50 bits per heavy atom. The molecule has 0 aromatic heterocycles. The summed E-state index contributed by atoms with van der Waals surface area (Å²) in [4.78, 5) is 26.3. The van der Waals surface area contributed by atoms with E-state index in [0.717, 1.165) is 12.0 Å². The highest BCUT2D eigenvalue weighted by molar-refractivity contribution is 8.01. The summed E-state index contributed by atoms with van der Waals surface area (Å²) in [5, 5.41) is 2.92. The zero-order chi connectivity index (χ0) is 15.9. The van der Waals surface area contributed by atoms with Crippen LogP contribution in [-0.2, 0) is 9.59 Å². The van der Waals surface area contributed by atoms with Crippen LogP contribution in [0.3, 0.4) is 0 Å². The van der Waals surface area contributed by atoms with E-state index in [1.54, 1.807) is 23.8 Å². The van der Waals surface area contributed by atoms with Crippen molar-refractivity contribution in [3.63, 3.8) is 0 Å². The Bertz CT molecular complexity index is 634. The van der Waals surface area contributed by atoms with Crippen molar-refractivity contribution in [2.75, 3.05) is 18.2 Å². The maximum Gasteiger partial charge on any atom is 0.248 e. The summed E-state index contributed by atoms with van der Waals surface area (Å²) in [6.45, 7) is 4.00. The second-order valence-corrected chi connectivity index (χ2v) is 7.46. The average Bonchev–Trinajstić information content (AvgIpc) is 2.96. The number of carbonyl (C=O) groups excluding carboxylic acids is 2. The molecule has 2 fully saturated rings. The van der Waals surface area contributed by atoms with E-state index >= 15 is 0 Å². The molecule has 5 nitrogen and oxygen atoms in total. The minimum absolute atomic E-state index is 0.0730. The fourth-order valence-electron chi connectivity index (χ4n) is 3.15. The molecule has 0 bridgehead atoms. The lowest BCUT2D eigenvalue weighted by molar-refractivity contribution is -0.135. The molecular formula is C16H20N2O3S. The van der Waals surface area contributed by atoms with Gasteiger partial charge in [0.05, 0.1) is 17.7 Å². The molecule has 0 radical (unpaired) electrons. The normalized spacial score (nSPS) is 27.0. The fourth-order valence-corrected chi connectivity index (χ4v) is 4.58. The Kier molecular flexibility index (Phi) is 3.80. The quantitative estimate of drug-likeness (QED) is 0.929. The van der Waals surface area contributed by atoms with E-state index in [2.05, 4.69) is 5.32 Å². The van der Waals surface area contributed by atoms with Gasteiger partial charge in [0.1, 0.15) is 11.8 Å². The molecule has 2 aliphatic heterocycles. The van der Waals surface area contributed by atoms with Crippen LogP contribution in [0, 0.1) is 6.92 Å². The van der Waals surface area contributed by atoms with Crippen LogP contribution < -0.4 is 10.1 Å². The van der Waals surface area contributed by atoms with Crippen LogP contribution in [0.1, 0.15) is 25.3 Å². The number of thioether (sulfide) groups is 1. The Morgan fingerprint density at radius 2 is 2.27 bits per heavy atom. The highest BCUT2D eigenvalue weighted by atomic mass is 32.2. The maximum absolute atomic E-state index is 12.7. The fraction of sp³-hybridized carbons (Fsp3) is 0.500. The first-order chi connectivity index (χ1) is 10.4. The van der Waals surface area contributed by atoms with Gasteiger partial charge in [0, 0.05) is 12.2 Å². The van der Waals surface area contributed by atoms with Gasteiger partial charge in [-0.05, 0) is 38.0 Å². The summed E-state index contributed by atoms with van der Waals surface area (Å²) in [7, 11) is 1.58. The number of amides is 2. The number of hydrogen-bond acceptors (Lipinski definition) is 4. The summed E-state index contributed by atoms with van der Waals surface area (Å²) >= 11 is 1.69. The predicted octanol–water partition coefficient (Wildman–Crippen LogP) is 2.40. The molecule has 2 aliphatic rings. The maximum atomic E-state index is 12.7. The summed E-state index contributed by atoms with van der Waals surface area (Å²) in [5.74, 6) is 1.20. The van der Waals surface area contributed by atoms with Crippen molar-refractivity contribution in [1.82, 2.24) is 4.90 Å². The van der Waals surface area contributed by atoms with E-state index in [1.165, 1.54) is 0 Å². The SMILES string of the molecule is COc1ccc(C)cc1NC(=O)[C@H]1CS[C@]2(C)CCC(=O)N12. The molecule has 2 amide bonds. The predicted molar refractivity (Wildman–Crippen MR) is 87.1 cm³/mol. The van der Waals surface area contributed by atoms with E-state index in [-0.39, 0.29) is 16.7 Å². The van der Waals surface area contributed by atoms with Crippen molar-refractivity contribution < 1.29 is 14.3 Å². The van der Waals surface area contributed by atoms with Gasteiger partial charge in [0.15, 0.2) is 0 Å². The molecule has 1 N–H and O–H groups in total. The van der Waals surface area contributed by atoms with Crippen molar-refractivity contribution in [3.8, 4) is 5.75 Å². The molecule has 0 aliphatic carbocycles. The van der Waals surface area contributed by atoms with Crippen LogP contribution in [0.15, 0.2) is 18.2 Å². The van der Waals surface area contributed by atoms with Crippen LogP contribution in [0.5, 0.6) is 5.75 Å². The zero-order valence-electron chi connectivity index (χ0n) is 13.0. The summed E-state index contributed by atoms with van der Waals surface area (Å²) in [5.41, 5.74) is 1.69. The molecule has 2 heterocycles. The van der Waals surface area contributed by atoms with E-state index in [4.69, 9.17) is 4.74 Å². The molecule has 0 unspecified atom stereocenters. The lowest BCUT2D eigenvalue weighted by Gasteiger charge is -2.30. The third-order valence-corrected chi connectivity index (χ3v) is 5.87. The number of carbonyl (C=O) groups is 2. The van der Waals surface area contributed by atoms with Gasteiger partial charge in [-0.15, -0.1) is 11.8 Å². The van der Waals surface area contributed by atoms with Gasteiger partial charge in [0.2, 0.25) is 11.8 Å². The van der Waals surface area contributed by atoms with E-state index < -0.39 is 6.04 Å². The Hall–Kier alpha value is -1.69. The topological polar surface area (TPSA) is 58.6 Å². The number of nitrogens with one attached hydrogen (secondary N) is 1. The Labute approximate surface area is 134 Å². The van der Waals surface area contributed by atoms with E-state index in [0.29, 0.717) is 23.6 Å². The molecule has 0 spiro atoms. The minimum atomic E-state index is -0.407. The molecule has 2 atom stereocenters. The van der Waals surface area contributed by atoms with E-state index in [1.807, 2.05) is 32.0 Å². The van der Waals surface area contributed by atoms with Gasteiger partial charge in [-0.2, -0.15) is 0 Å². The van der Waals surface area contributed by atoms with Crippen molar-refractivity contribution >= 4 is 29.3 Å². The van der Waals surface area contributed by atoms with Crippen LogP contribution >= 0.6 is 11.8 Å². The molecule has 0 saturated carbocycles. The highest BCUT2D eigenvalue weighted by Crippen LogP contribution is 2.47. The van der Waals surface area contributed by atoms with Gasteiger partial charge in [-0.3, -0.25) is 9.59 Å². The van der Waals surface area contributed by atoms with Crippen LogP contribution in [0.2, 0.25) is 0 Å². The summed E-state index contributed by atoms with van der Waals surface area (Å²) < 4.78 is 5.29. The molecule has 22 heavy (non-hydrogen) atoms. The molecule has 118 valence electrons. The largest absolute Gasteiger partial charge is 0.495 e. The minimum Gasteiger partial charge on any atom is -0.495 e. The number of rotatable bonds is 3. The molecule has 1 aromatic carbocycles. The Balaban J connectivity index is 1.81. The molecule has 6 heteroatoms. The van der Waals surface area contributed by atoms with Gasteiger partial charge in [-0.25, -0.2) is 0 Å². The number of ether oxygens (including phenoxy) is 1. The van der Waals surface area contributed by atoms with Crippen molar-refractivity contribution in [1.29, 1.82) is 0 Å². The lowest BCUT2D eigenvalue weighted by Crippen LogP contribution is -2.48. The number of nitrogens with zero attached hydrogens (tertiary/aromatic N) is 1. The van der Waals surface area contributed by atoms with Crippen molar-refractivity contribution in [2.45, 2.75) is 37.6 Å². The highest BCUT2D eigenvalue weighted by Gasteiger charge is 2.52. The summed E-state index contributed by atoms with van der Waals surface area (Å²) in [6.07, 6.45) is 1.34. The molecular weight excluding hydrogens is 300 g/mol. The molecule has 3 rings (SSSR count). The monoisotopic (exact) mass is 320 g/mol. The summed E-state index contributed by atoms with van der Waals surface area (Å²) in [6, 6.07) is 5.24. The standard InChI is InChI=1S/C16H20N2O3S/c1-10-4-5-13(21-3)11(8-10)17-15(20)12-9-22-16(2)7-6-14(19)18(12)16/h4-5,8,12H,6-7,9H2,1-3H3,(H,17,20)/t12-,16-/m1/s1. The number of benzene rings is 1. The number of hydrogen-bond donors (Lipinski definition) is 1. The van der Waals surface area contributed by atoms with Crippen LogP contribution in [-0.4, -0.2) is 40.5 Å². The average molecular weight is 320 g/mol. The van der Waals surface area contributed by atoms with Crippen molar-refractivity contribution in [2.24, 2.45) is 0 Å². The molecule has 2 saturated heterocycles. The zero-order valence-corrected chi connectivity index (χ0v) is 13.8. The first-order valence-corrected chi connectivity index (χ1v) is 8.35. The first-order valence-electron chi connectivity index (χ1n) is 7.36. The smallest absolute Gasteiger partial charge is 0.248 e. The second-order valence-electron chi connectivity index (χ2n) is 5.96. The Morgan fingerprint density at radius 3 is 3.00 bits per heavy atom. The number of methoxy groups -OCH3 is 1. The third-order valence-electron chi connectivity index (χ3n) is 4.36. The first kappa shape index (κ1) is 15.2. The molecule has 1 aromatic rings. The van der Waals surface area contributed by atoms with Crippen LogP contribution in [0.25, 0.3) is 0 Å². The second kappa shape index (κ2) is 5.50. The van der Waals surface area contributed by atoms with Crippen molar-refractivity contribution in [3.05, 3.63) is 23.8 Å². The third kappa shape index (κ3) is 2.45. The van der Waals surface area contributed by atoms with Gasteiger partial charge >= 0.3 is 0 Å².